The fourth-order valence-electron chi connectivity index (χ4n) is 5.03. The minimum atomic E-state index is -0.378. The molecule has 1 heterocycles. The highest BCUT2D eigenvalue weighted by molar-refractivity contribution is 5.48. The lowest BCUT2D eigenvalue weighted by molar-refractivity contribution is 0.267. The second kappa shape index (κ2) is 6.40. The molecule has 148 valence electrons. The van der Waals surface area contributed by atoms with Crippen LogP contribution in [0.3, 0.4) is 0 Å². The summed E-state index contributed by atoms with van der Waals surface area (Å²) in [5.74, 6) is 2.29. The van der Waals surface area contributed by atoms with Gasteiger partial charge in [0, 0.05) is 23.1 Å². The molecule has 5 rings (SSSR count). The zero-order valence-corrected chi connectivity index (χ0v) is 16.5. The van der Waals surface area contributed by atoms with Gasteiger partial charge in [-0.1, -0.05) is 31.9 Å². The number of aromatic hydroxyl groups is 1. The predicted octanol–water partition coefficient (Wildman–Crippen LogP) is 4.94. The van der Waals surface area contributed by atoms with Crippen LogP contribution in [0, 0.1) is 17.8 Å². The third-order valence-corrected chi connectivity index (χ3v) is 7.09. The molecule has 0 radical (unpaired) electrons. The molecule has 0 spiro atoms. The van der Waals surface area contributed by atoms with Crippen molar-refractivity contribution in [2.45, 2.75) is 63.2 Å². The zero-order valence-electron chi connectivity index (χ0n) is 16.5. The normalized spacial score (nSPS) is 22.6. The van der Waals surface area contributed by atoms with Gasteiger partial charge in [-0.25, -0.2) is 4.79 Å². The van der Waals surface area contributed by atoms with Crippen LogP contribution in [0.4, 0.5) is 5.69 Å². The Labute approximate surface area is 165 Å². The summed E-state index contributed by atoms with van der Waals surface area (Å²) >= 11 is 0. The number of rotatable bonds is 7. The third-order valence-electron chi connectivity index (χ3n) is 7.09. The van der Waals surface area contributed by atoms with Crippen molar-refractivity contribution in [2.24, 2.45) is 17.8 Å². The fourth-order valence-corrected chi connectivity index (χ4v) is 5.03. The molecule has 0 aliphatic heterocycles. The molecule has 3 aliphatic carbocycles. The number of nitrogen functional groups attached to an aromatic ring is 1. The van der Waals surface area contributed by atoms with Gasteiger partial charge in [0.2, 0.25) is 0 Å². The molecule has 3 fully saturated rings. The summed E-state index contributed by atoms with van der Waals surface area (Å²) in [6.07, 6.45) is 8.09. The molecule has 4 nitrogen and oxygen atoms in total. The van der Waals surface area contributed by atoms with Crippen molar-refractivity contribution in [1.82, 2.24) is 0 Å². The van der Waals surface area contributed by atoms with E-state index < -0.39 is 0 Å². The molecule has 3 N–H and O–H groups in total. The van der Waals surface area contributed by atoms with Gasteiger partial charge in [0.1, 0.15) is 11.5 Å². The summed E-state index contributed by atoms with van der Waals surface area (Å²) < 4.78 is 5.95. The van der Waals surface area contributed by atoms with E-state index in [4.69, 9.17) is 10.2 Å². The summed E-state index contributed by atoms with van der Waals surface area (Å²) in [7, 11) is 0. The second-order valence-corrected chi connectivity index (χ2v) is 9.52. The Morgan fingerprint density at radius 3 is 2.50 bits per heavy atom. The molecular weight excluding hydrogens is 350 g/mol. The van der Waals surface area contributed by atoms with E-state index in [1.807, 2.05) is 24.3 Å². The first-order valence-corrected chi connectivity index (χ1v) is 10.7. The van der Waals surface area contributed by atoms with E-state index in [1.54, 1.807) is 6.07 Å². The number of benzene rings is 1. The Hall–Kier alpha value is -2.23. The van der Waals surface area contributed by atoms with E-state index in [9.17, 15) is 9.90 Å². The Balaban J connectivity index is 1.56. The van der Waals surface area contributed by atoms with Crippen LogP contribution in [0.5, 0.6) is 5.75 Å². The smallest absolute Gasteiger partial charge is 0.343 e. The van der Waals surface area contributed by atoms with Crippen LogP contribution in [0.25, 0.3) is 0 Å². The van der Waals surface area contributed by atoms with Gasteiger partial charge in [-0.05, 0) is 67.6 Å². The largest absolute Gasteiger partial charge is 0.507 e. The first kappa shape index (κ1) is 17.8. The molecule has 2 atom stereocenters. The molecule has 1 aromatic heterocycles. The van der Waals surface area contributed by atoms with Gasteiger partial charge in [-0.2, -0.15) is 0 Å². The van der Waals surface area contributed by atoms with Crippen molar-refractivity contribution < 1.29 is 9.52 Å². The lowest BCUT2D eigenvalue weighted by Crippen LogP contribution is -2.28. The molecule has 0 amide bonds. The van der Waals surface area contributed by atoms with E-state index in [0.29, 0.717) is 28.8 Å². The predicted molar refractivity (Wildman–Crippen MR) is 109 cm³/mol. The van der Waals surface area contributed by atoms with E-state index >= 15 is 0 Å². The van der Waals surface area contributed by atoms with Crippen LogP contribution in [0.1, 0.15) is 74.7 Å². The molecule has 4 heteroatoms. The SMILES string of the molecule is CC(CC1CC1)(c1cc(O)c(C(c2cccc(N)c2)C2CC2)c(=O)o1)C1CC1. The number of hydrogen-bond donors (Lipinski definition) is 2. The quantitative estimate of drug-likeness (QED) is 0.668. The molecular formula is C24H29NO3. The maximum Gasteiger partial charge on any atom is 0.343 e. The van der Waals surface area contributed by atoms with Crippen LogP contribution >= 0.6 is 0 Å². The van der Waals surface area contributed by atoms with E-state index in [-0.39, 0.29) is 22.7 Å². The monoisotopic (exact) mass is 379 g/mol. The summed E-state index contributed by atoms with van der Waals surface area (Å²) in [5.41, 5.74) is 7.53. The van der Waals surface area contributed by atoms with Gasteiger partial charge in [0.05, 0.1) is 5.56 Å². The van der Waals surface area contributed by atoms with Gasteiger partial charge in [-0.15, -0.1) is 0 Å². The second-order valence-electron chi connectivity index (χ2n) is 9.52. The molecule has 2 unspecified atom stereocenters. The molecule has 3 aliphatic rings. The average Bonchev–Trinajstić information content (AvgIpc) is 3.50. The van der Waals surface area contributed by atoms with Crippen molar-refractivity contribution in [3.8, 4) is 5.75 Å². The van der Waals surface area contributed by atoms with Gasteiger partial charge >= 0.3 is 5.63 Å². The topological polar surface area (TPSA) is 76.5 Å². The number of nitrogens with two attached hydrogens (primary N) is 1. The first-order valence-electron chi connectivity index (χ1n) is 10.7. The van der Waals surface area contributed by atoms with Crippen LogP contribution in [-0.4, -0.2) is 5.11 Å². The number of hydrogen-bond acceptors (Lipinski definition) is 4. The third kappa shape index (κ3) is 3.23. The first-order chi connectivity index (χ1) is 13.5. The van der Waals surface area contributed by atoms with Crippen molar-refractivity contribution in [1.29, 1.82) is 0 Å². The zero-order chi connectivity index (χ0) is 19.5. The summed E-state index contributed by atoms with van der Waals surface area (Å²) in [6, 6.07) is 9.41. The van der Waals surface area contributed by atoms with Gasteiger partial charge in [0.15, 0.2) is 0 Å². The van der Waals surface area contributed by atoms with Gasteiger partial charge in [0.25, 0.3) is 0 Å². The standard InChI is InChI=1S/C24H29NO3/c1-24(17-9-10-17,13-14-5-6-14)20-12-19(26)22(23(27)28-20)21(15-7-8-15)16-3-2-4-18(25)11-16/h2-4,11-12,14-15,17,21,26H,5-10,13,25H2,1H3. The summed E-state index contributed by atoms with van der Waals surface area (Å²) in [4.78, 5) is 13.1. The van der Waals surface area contributed by atoms with Crippen LogP contribution in [-0.2, 0) is 5.41 Å². The Bertz CT molecular complexity index is 953. The maximum atomic E-state index is 13.1. The van der Waals surface area contributed by atoms with Crippen molar-refractivity contribution in [2.75, 3.05) is 5.73 Å². The minimum absolute atomic E-state index is 0.0910. The highest BCUT2D eigenvalue weighted by atomic mass is 16.4. The molecule has 1 aromatic carbocycles. The van der Waals surface area contributed by atoms with Crippen LogP contribution < -0.4 is 11.4 Å². The van der Waals surface area contributed by atoms with Crippen molar-refractivity contribution >= 4 is 5.69 Å². The maximum absolute atomic E-state index is 13.1. The van der Waals surface area contributed by atoms with Gasteiger partial charge < -0.3 is 15.3 Å². The van der Waals surface area contributed by atoms with Crippen LogP contribution in [0.2, 0.25) is 0 Å². The molecule has 2 aromatic rings. The minimum Gasteiger partial charge on any atom is -0.507 e. The Morgan fingerprint density at radius 1 is 1.18 bits per heavy atom. The van der Waals surface area contributed by atoms with Crippen molar-refractivity contribution in [3.63, 3.8) is 0 Å². The van der Waals surface area contributed by atoms with E-state index in [1.165, 1.54) is 25.7 Å². The van der Waals surface area contributed by atoms with E-state index in [2.05, 4.69) is 6.92 Å². The van der Waals surface area contributed by atoms with Gasteiger partial charge in [-0.3, -0.25) is 0 Å². The molecule has 0 bridgehead atoms. The fraction of sp³-hybridized carbons (Fsp3) is 0.542. The number of anilines is 1. The van der Waals surface area contributed by atoms with E-state index in [0.717, 1.165) is 30.7 Å². The summed E-state index contributed by atoms with van der Waals surface area (Å²) in [5, 5.41) is 11.0. The lowest BCUT2D eigenvalue weighted by atomic mass is 9.76. The Morgan fingerprint density at radius 2 is 1.93 bits per heavy atom. The average molecular weight is 380 g/mol. The van der Waals surface area contributed by atoms with Crippen LogP contribution in [0.15, 0.2) is 39.5 Å². The summed E-state index contributed by atoms with van der Waals surface area (Å²) in [6.45, 7) is 2.22. The Kier molecular flexibility index (Phi) is 4.08. The molecule has 3 saturated carbocycles. The van der Waals surface area contributed by atoms with Crippen molar-refractivity contribution in [3.05, 3.63) is 57.6 Å². The molecule has 28 heavy (non-hydrogen) atoms. The highest BCUT2D eigenvalue weighted by Gasteiger charge is 2.48. The highest BCUT2D eigenvalue weighted by Crippen LogP contribution is 2.55. The molecule has 0 saturated heterocycles. The lowest BCUT2D eigenvalue weighted by Gasteiger charge is -2.29.